The number of hydrogen-bond donors (Lipinski definition) is 1. The van der Waals surface area contributed by atoms with Gasteiger partial charge in [0.2, 0.25) is 0 Å². The second-order valence-corrected chi connectivity index (χ2v) is 18.0. The lowest BCUT2D eigenvalue weighted by Gasteiger charge is -2.15. The molecule has 2 aliphatic heterocycles. The SMILES string of the molecule is CCOC(=O)c1cc(OC)ccc1CBr.COc1ccc2c(c1)C(=O)N(c1ccc3ncsc3c1)C2.COc1ccc2c(c1)C(=O)N(c1ccc3ncsc3c1)C2.Nc1ccc2ncsc2c1. The number of nitrogens with two attached hydrogens (primary N) is 1. The van der Waals surface area contributed by atoms with Crippen LogP contribution in [0.3, 0.4) is 0 Å². The van der Waals surface area contributed by atoms with Gasteiger partial charge in [0.25, 0.3) is 11.8 Å². The highest BCUT2D eigenvalue weighted by atomic mass is 79.9. The Morgan fingerprint density at radius 2 is 1.06 bits per heavy atom. The molecule has 17 heteroatoms. The maximum absolute atomic E-state index is 12.6. The van der Waals surface area contributed by atoms with Gasteiger partial charge in [-0.05, 0) is 115 Å². The van der Waals surface area contributed by atoms with E-state index in [1.807, 2.05) is 120 Å². The summed E-state index contributed by atoms with van der Waals surface area (Å²) in [4.78, 5) is 53.0. The molecule has 0 radical (unpaired) electrons. The third kappa shape index (κ3) is 10.4. The first-order valence-corrected chi connectivity index (χ1v) is 24.5. The molecule has 3 aromatic heterocycles. The fourth-order valence-electron chi connectivity index (χ4n) is 7.32. The minimum absolute atomic E-state index is 0.0211. The van der Waals surface area contributed by atoms with Gasteiger partial charge >= 0.3 is 5.97 Å². The van der Waals surface area contributed by atoms with E-state index in [2.05, 4.69) is 30.9 Å². The highest BCUT2D eigenvalue weighted by molar-refractivity contribution is 9.08. The predicted octanol–water partition coefficient (Wildman–Crippen LogP) is 11.6. The van der Waals surface area contributed by atoms with Gasteiger partial charge in [0.15, 0.2) is 0 Å². The molecule has 0 atom stereocenters. The van der Waals surface area contributed by atoms with Crippen LogP contribution in [-0.2, 0) is 23.2 Å². The predicted molar refractivity (Wildman–Crippen MR) is 272 cm³/mol. The van der Waals surface area contributed by atoms with Gasteiger partial charge in [-0.25, -0.2) is 19.7 Å². The lowest BCUT2D eigenvalue weighted by molar-refractivity contribution is 0.0524. The Labute approximate surface area is 406 Å². The molecule has 0 aliphatic carbocycles. The summed E-state index contributed by atoms with van der Waals surface area (Å²) in [5.74, 6) is 1.80. The number of rotatable bonds is 8. The number of aromatic nitrogens is 3. The van der Waals surface area contributed by atoms with E-state index in [1.54, 1.807) is 78.1 Å². The van der Waals surface area contributed by atoms with Crippen LogP contribution in [0.4, 0.5) is 17.1 Å². The zero-order valence-corrected chi connectivity index (χ0v) is 40.8. The molecule has 340 valence electrons. The minimum atomic E-state index is -0.314. The van der Waals surface area contributed by atoms with Crippen molar-refractivity contribution in [2.75, 3.05) is 43.5 Å². The zero-order chi connectivity index (χ0) is 47.0. The molecule has 13 nitrogen and oxygen atoms in total. The summed E-state index contributed by atoms with van der Waals surface area (Å²) in [6, 6.07) is 34.2. The average molecular weight is 1020 g/mol. The number of carbonyl (C=O) groups is 3. The van der Waals surface area contributed by atoms with Crippen molar-refractivity contribution in [1.29, 1.82) is 0 Å². The van der Waals surface area contributed by atoms with E-state index >= 15 is 0 Å². The van der Waals surface area contributed by atoms with Gasteiger partial charge in [-0.2, -0.15) is 0 Å². The number of benzene rings is 6. The molecule has 11 rings (SSSR count). The lowest BCUT2D eigenvalue weighted by atomic mass is 10.1. The molecule has 2 N–H and O–H groups in total. The number of hydrogen-bond acceptors (Lipinski definition) is 14. The summed E-state index contributed by atoms with van der Waals surface area (Å²) in [6.45, 7) is 3.36. The molecule has 0 unspecified atom stereocenters. The van der Waals surface area contributed by atoms with Crippen LogP contribution in [0.2, 0.25) is 0 Å². The van der Waals surface area contributed by atoms with Gasteiger partial charge in [-0.3, -0.25) is 9.59 Å². The normalized spacial score (nSPS) is 12.4. The standard InChI is InChI=1S/2C16H12N2O2S.C11H13BrO3.C7H6N2S/c2*1-20-12-4-2-10-8-18(16(19)13(10)7-12)11-3-5-14-15(6-11)21-9-17-14;1-3-15-11(13)10-6-9(14-2)5-4-8(10)7-12;8-5-1-2-6-7(3-5)10-4-9-6/h2*2-7,9H,8H2,1H3;4-6H,3,7H2,1-2H3;1-4H,8H2. The van der Waals surface area contributed by atoms with Gasteiger partial charge in [0.1, 0.15) is 17.2 Å². The van der Waals surface area contributed by atoms with Crippen LogP contribution in [-0.4, -0.2) is 60.7 Å². The topological polar surface area (TPSA) is 159 Å². The van der Waals surface area contributed by atoms with E-state index in [-0.39, 0.29) is 17.8 Å². The summed E-state index contributed by atoms with van der Waals surface area (Å²) in [5.41, 5.74) is 21.6. The first-order valence-electron chi connectivity index (χ1n) is 20.7. The Kier molecular flexibility index (Phi) is 14.7. The Balaban J connectivity index is 0.000000125. The molecule has 2 amide bonds. The number of amides is 2. The van der Waals surface area contributed by atoms with Crippen molar-refractivity contribution in [3.05, 3.63) is 159 Å². The molecule has 0 saturated heterocycles. The fraction of sp³-hybridized carbons (Fsp3) is 0.160. The first kappa shape index (κ1) is 46.6. The second kappa shape index (κ2) is 21.1. The number of ether oxygens (including phenoxy) is 4. The molecule has 0 fully saturated rings. The van der Waals surface area contributed by atoms with Crippen molar-refractivity contribution in [2.45, 2.75) is 25.3 Å². The summed E-state index contributed by atoms with van der Waals surface area (Å²) < 4.78 is 23.7. The van der Waals surface area contributed by atoms with Crippen LogP contribution < -0.4 is 29.7 Å². The van der Waals surface area contributed by atoms with Crippen molar-refractivity contribution >= 4 is 115 Å². The van der Waals surface area contributed by atoms with E-state index < -0.39 is 0 Å². The number of fused-ring (bicyclic) bond motifs is 5. The van der Waals surface area contributed by atoms with E-state index in [9.17, 15) is 14.4 Å². The smallest absolute Gasteiger partial charge is 0.338 e. The number of carbonyl (C=O) groups excluding carboxylic acids is 3. The van der Waals surface area contributed by atoms with Crippen molar-refractivity contribution in [3.8, 4) is 17.2 Å². The van der Waals surface area contributed by atoms with Crippen molar-refractivity contribution in [1.82, 2.24) is 15.0 Å². The largest absolute Gasteiger partial charge is 0.497 e. The minimum Gasteiger partial charge on any atom is -0.497 e. The maximum atomic E-state index is 12.6. The zero-order valence-electron chi connectivity index (χ0n) is 36.7. The Hall–Kier alpha value is -6.92. The summed E-state index contributed by atoms with van der Waals surface area (Å²) >= 11 is 8.10. The number of halogens is 1. The van der Waals surface area contributed by atoms with E-state index in [0.29, 0.717) is 47.8 Å². The summed E-state index contributed by atoms with van der Waals surface area (Å²) in [7, 11) is 4.78. The molecule has 67 heavy (non-hydrogen) atoms. The van der Waals surface area contributed by atoms with Crippen LogP contribution >= 0.6 is 49.9 Å². The highest BCUT2D eigenvalue weighted by Gasteiger charge is 2.30. The third-order valence-corrected chi connectivity index (χ3v) is 13.8. The molecule has 0 spiro atoms. The molecule has 6 aromatic carbocycles. The van der Waals surface area contributed by atoms with Gasteiger partial charge in [-0.1, -0.05) is 34.1 Å². The van der Waals surface area contributed by atoms with Crippen LogP contribution in [0.5, 0.6) is 17.2 Å². The van der Waals surface area contributed by atoms with E-state index in [1.165, 1.54) is 0 Å². The molecular formula is C50H43BrN6O7S3. The van der Waals surface area contributed by atoms with Crippen LogP contribution in [0.15, 0.2) is 126 Å². The Morgan fingerprint density at radius 1 is 0.612 bits per heavy atom. The lowest BCUT2D eigenvalue weighted by Crippen LogP contribution is -2.22. The first-order chi connectivity index (χ1) is 32.6. The molecule has 0 saturated carbocycles. The molecule has 5 heterocycles. The number of alkyl halides is 1. The Bertz CT molecular complexity index is 3100. The average Bonchev–Trinajstić information content (AvgIpc) is 4.23. The van der Waals surface area contributed by atoms with Gasteiger partial charge in [0, 0.05) is 33.5 Å². The van der Waals surface area contributed by atoms with Crippen molar-refractivity contribution in [3.63, 3.8) is 0 Å². The quantitative estimate of drug-likeness (QED) is 0.0877. The third-order valence-electron chi connectivity index (χ3n) is 10.8. The molecule has 0 bridgehead atoms. The summed E-state index contributed by atoms with van der Waals surface area (Å²) in [6.07, 6.45) is 0. The van der Waals surface area contributed by atoms with Gasteiger partial charge in [0.05, 0.1) is 93.8 Å². The van der Waals surface area contributed by atoms with Crippen LogP contribution in [0, 0.1) is 0 Å². The van der Waals surface area contributed by atoms with Crippen molar-refractivity contribution < 1.29 is 33.3 Å². The highest BCUT2D eigenvalue weighted by Crippen LogP contribution is 2.35. The van der Waals surface area contributed by atoms with E-state index in [4.69, 9.17) is 24.7 Å². The number of esters is 1. The number of thiazole rings is 3. The van der Waals surface area contributed by atoms with Crippen LogP contribution in [0.25, 0.3) is 30.6 Å². The second-order valence-electron chi connectivity index (χ2n) is 14.8. The maximum Gasteiger partial charge on any atom is 0.338 e. The van der Waals surface area contributed by atoms with Crippen molar-refractivity contribution in [2.24, 2.45) is 0 Å². The molecular weight excluding hydrogens is 973 g/mol. The van der Waals surface area contributed by atoms with Crippen LogP contribution in [0.1, 0.15) is 54.7 Å². The molecule has 2 aliphatic rings. The molecule has 9 aromatic rings. The van der Waals surface area contributed by atoms with Gasteiger partial charge < -0.3 is 34.5 Å². The number of nitrogens with zero attached hydrogens (tertiary/aromatic N) is 5. The number of anilines is 3. The Morgan fingerprint density at radius 3 is 1.52 bits per heavy atom. The fourth-order valence-corrected chi connectivity index (χ4v) is 9.96. The number of nitrogen functional groups attached to an aromatic ring is 1. The van der Waals surface area contributed by atoms with E-state index in [0.717, 1.165) is 75.5 Å². The monoisotopic (exact) mass is 1010 g/mol. The number of methoxy groups -OCH3 is 3. The summed E-state index contributed by atoms with van der Waals surface area (Å²) in [5, 5.41) is 0.616. The van der Waals surface area contributed by atoms with Gasteiger partial charge in [-0.15, -0.1) is 34.0 Å².